The van der Waals surface area contributed by atoms with Gasteiger partial charge in [0, 0.05) is 24.2 Å². The molecule has 0 saturated carbocycles. The molecule has 1 saturated heterocycles. The third-order valence-electron chi connectivity index (χ3n) is 4.96. The maximum absolute atomic E-state index is 12.6. The lowest BCUT2D eigenvalue weighted by molar-refractivity contribution is -0.122. The van der Waals surface area contributed by atoms with Crippen LogP contribution in [0.1, 0.15) is 49.9 Å². The Labute approximate surface area is 153 Å². The SMILES string of the molecule is CCc1noc(NC(=O)C2CC(=O)N(c3ccc(C(C)C)cc3)C2)c1C. The van der Waals surface area contributed by atoms with Crippen molar-refractivity contribution in [3.05, 3.63) is 41.1 Å². The number of aryl methyl sites for hydroxylation is 1. The van der Waals surface area contributed by atoms with Crippen LogP contribution in [0.3, 0.4) is 0 Å². The number of nitrogens with one attached hydrogen (secondary N) is 1. The number of anilines is 2. The highest BCUT2D eigenvalue weighted by atomic mass is 16.5. The molecular weight excluding hydrogens is 330 g/mol. The van der Waals surface area contributed by atoms with E-state index >= 15 is 0 Å². The minimum atomic E-state index is -0.401. The quantitative estimate of drug-likeness (QED) is 0.888. The molecular formula is C20H25N3O3. The zero-order chi connectivity index (χ0) is 18.8. The van der Waals surface area contributed by atoms with Crippen molar-refractivity contribution >= 4 is 23.4 Å². The number of aromatic nitrogens is 1. The lowest BCUT2D eigenvalue weighted by Crippen LogP contribution is -2.28. The molecule has 138 valence electrons. The number of benzene rings is 1. The van der Waals surface area contributed by atoms with Gasteiger partial charge in [0.1, 0.15) is 0 Å². The van der Waals surface area contributed by atoms with Gasteiger partial charge in [0.05, 0.1) is 11.6 Å². The predicted octanol–water partition coefficient (Wildman–Crippen LogP) is 3.66. The fourth-order valence-electron chi connectivity index (χ4n) is 3.20. The molecule has 2 aromatic rings. The molecule has 1 unspecified atom stereocenters. The van der Waals surface area contributed by atoms with Gasteiger partial charge in [-0.2, -0.15) is 0 Å². The number of amides is 2. The van der Waals surface area contributed by atoms with Gasteiger partial charge in [-0.05, 0) is 37.0 Å². The number of carbonyl (C=O) groups excluding carboxylic acids is 2. The van der Waals surface area contributed by atoms with E-state index in [0.717, 1.165) is 23.4 Å². The average Bonchev–Trinajstić information content (AvgIpc) is 3.18. The summed E-state index contributed by atoms with van der Waals surface area (Å²) < 4.78 is 5.21. The van der Waals surface area contributed by atoms with E-state index in [0.29, 0.717) is 18.3 Å². The van der Waals surface area contributed by atoms with Gasteiger partial charge in [-0.15, -0.1) is 0 Å². The van der Waals surface area contributed by atoms with E-state index in [-0.39, 0.29) is 18.2 Å². The van der Waals surface area contributed by atoms with Crippen LogP contribution in [-0.2, 0) is 16.0 Å². The molecule has 1 aromatic carbocycles. The molecule has 0 spiro atoms. The summed E-state index contributed by atoms with van der Waals surface area (Å²) in [6.45, 7) is 8.49. The Morgan fingerprint density at radius 3 is 2.62 bits per heavy atom. The van der Waals surface area contributed by atoms with Gasteiger partial charge in [0.25, 0.3) is 0 Å². The Morgan fingerprint density at radius 1 is 1.35 bits per heavy atom. The Hall–Kier alpha value is -2.63. The highest BCUT2D eigenvalue weighted by Gasteiger charge is 2.35. The van der Waals surface area contributed by atoms with Crippen molar-refractivity contribution in [1.29, 1.82) is 0 Å². The molecule has 26 heavy (non-hydrogen) atoms. The van der Waals surface area contributed by atoms with Crippen LogP contribution in [0.2, 0.25) is 0 Å². The summed E-state index contributed by atoms with van der Waals surface area (Å²) in [5.41, 5.74) is 3.72. The Balaban J connectivity index is 1.68. The molecule has 0 aliphatic carbocycles. The van der Waals surface area contributed by atoms with Crippen LogP contribution in [0.4, 0.5) is 11.6 Å². The first-order valence-corrected chi connectivity index (χ1v) is 9.07. The zero-order valence-electron chi connectivity index (χ0n) is 15.7. The molecule has 0 radical (unpaired) electrons. The molecule has 6 nitrogen and oxygen atoms in total. The molecule has 3 rings (SSSR count). The van der Waals surface area contributed by atoms with Crippen molar-refractivity contribution in [3.63, 3.8) is 0 Å². The van der Waals surface area contributed by atoms with Gasteiger partial charge >= 0.3 is 0 Å². The van der Waals surface area contributed by atoms with Crippen LogP contribution in [0.5, 0.6) is 0 Å². The maximum atomic E-state index is 12.6. The highest BCUT2D eigenvalue weighted by Crippen LogP contribution is 2.28. The smallest absolute Gasteiger partial charge is 0.234 e. The summed E-state index contributed by atoms with van der Waals surface area (Å²) in [7, 11) is 0. The van der Waals surface area contributed by atoms with Crippen molar-refractivity contribution < 1.29 is 14.1 Å². The first kappa shape index (κ1) is 18.2. The Kier molecular flexibility index (Phi) is 5.11. The van der Waals surface area contributed by atoms with E-state index < -0.39 is 5.92 Å². The molecule has 1 aliphatic rings. The van der Waals surface area contributed by atoms with Crippen LogP contribution >= 0.6 is 0 Å². The van der Waals surface area contributed by atoms with E-state index in [1.54, 1.807) is 4.90 Å². The molecule has 1 N–H and O–H groups in total. The largest absolute Gasteiger partial charge is 0.338 e. The van der Waals surface area contributed by atoms with Crippen LogP contribution in [-0.4, -0.2) is 23.5 Å². The summed E-state index contributed by atoms with van der Waals surface area (Å²) in [4.78, 5) is 26.6. The number of rotatable bonds is 5. The molecule has 1 fully saturated rings. The summed E-state index contributed by atoms with van der Waals surface area (Å²) in [6, 6.07) is 7.96. The van der Waals surface area contributed by atoms with Gasteiger partial charge in [-0.1, -0.05) is 38.1 Å². The van der Waals surface area contributed by atoms with Crippen LogP contribution in [0, 0.1) is 12.8 Å². The molecule has 2 heterocycles. The fraction of sp³-hybridized carbons (Fsp3) is 0.450. The minimum Gasteiger partial charge on any atom is -0.338 e. The number of hydrogen-bond acceptors (Lipinski definition) is 4. The average molecular weight is 355 g/mol. The van der Waals surface area contributed by atoms with Gasteiger partial charge in [-0.3, -0.25) is 14.9 Å². The van der Waals surface area contributed by atoms with E-state index in [2.05, 4.69) is 24.3 Å². The Bertz CT molecular complexity index is 808. The lowest BCUT2D eigenvalue weighted by atomic mass is 10.0. The normalized spacial score (nSPS) is 17.2. The minimum absolute atomic E-state index is 0.0361. The Morgan fingerprint density at radius 2 is 2.04 bits per heavy atom. The first-order chi connectivity index (χ1) is 12.4. The molecule has 2 amide bonds. The fourth-order valence-corrected chi connectivity index (χ4v) is 3.20. The van der Waals surface area contributed by atoms with E-state index in [4.69, 9.17) is 4.52 Å². The molecule has 1 aliphatic heterocycles. The van der Waals surface area contributed by atoms with Crippen molar-refractivity contribution in [3.8, 4) is 0 Å². The topological polar surface area (TPSA) is 75.4 Å². The molecule has 6 heteroatoms. The van der Waals surface area contributed by atoms with E-state index in [1.165, 1.54) is 5.56 Å². The third kappa shape index (κ3) is 3.49. The predicted molar refractivity (Wildman–Crippen MR) is 100 cm³/mol. The number of nitrogens with zero attached hydrogens (tertiary/aromatic N) is 2. The second-order valence-corrected chi connectivity index (χ2v) is 7.08. The zero-order valence-corrected chi connectivity index (χ0v) is 15.7. The molecule has 1 aromatic heterocycles. The first-order valence-electron chi connectivity index (χ1n) is 9.07. The summed E-state index contributed by atoms with van der Waals surface area (Å²) in [5, 5.41) is 6.72. The lowest BCUT2D eigenvalue weighted by Gasteiger charge is -2.17. The summed E-state index contributed by atoms with van der Waals surface area (Å²) >= 11 is 0. The maximum Gasteiger partial charge on any atom is 0.234 e. The van der Waals surface area contributed by atoms with Crippen molar-refractivity contribution in [2.24, 2.45) is 5.92 Å². The van der Waals surface area contributed by atoms with E-state index in [9.17, 15) is 9.59 Å². The molecule has 1 atom stereocenters. The van der Waals surface area contributed by atoms with Gasteiger partial charge < -0.3 is 9.42 Å². The number of hydrogen-bond donors (Lipinski definition) is 1. The summed E-state index contributed by atoms with van der Waals surface area (Å²) in [5.74, 6) is 0.170. The van der Waals surface area contributed by atoms with E-state index in [1.807, 2.05) is 38.1 Å². The van der Waals surface area contributed by atoms with Crippen molar-refractivity contribution in [2.45, 2.75) is 46.5 Å². The highest BCUT2D eigenvalue weighted by molar-refractivity contribution is 6.03. The standard InChI is InChI=1S/C20H25N3O3/c1-5-17-13(4)20(26-22-17)21-19(25)15-10-18(24)23(11-15)16-8-6-14(7-9-16)12(2)3/h6-9,12,15H,5,10-11H2,1-4H3,(H,21,25). The van der Waals surface area contributed by atoms with Crippen LogP contribution < -0.4 is 10.2 Å². The molecule has 0 bridgehead atoms. The monoisotopic (exact) mass is 355 g/mol. The number of carbonyl (C=O) groups is 2. The van der Waals surface area contributed by atoms with Crippen LogP contribution in [0.15, 0.2) is 28.8 Å². The van der Waals surface area contributed by atoms with Crippen LogP contribution in [0.25, 0.3) is 0 Å². The van der Waals surface area contributed by atoms with Gasteiger partial charge in [0.2, 0.25) is 17.7 Å². The third-order valence-corrected chi connectivity index (χ3v) is 4.96. The van der Waals surface area contributed by atoms with Gasteiger partial charge in [0.15, 0.2) is 0 Å². The van der Waals surface area contributed by atoms with Crippen molar-refractivity contribution in [1.82, 2.24) is 5.16 Å². The second-order valence-electron chi connectivity index (χ2n) is 7.08. The second kappa shape index (κ2) is 7.32. The van der Waals surface area contributed by atoms with Gasteiger partial charge in [-0.25, -0.2) is 0 Å². The summed E-state index contributed by atoms with van der Waals surface area (Å²) in [6.07, 6.45) is 0.943. The van der Waals surface area contributed by atoms with Crippen molar-refractivity contribution in [2.75, 3.05) is 16.8 Å².